The van der Waals surface area contributed by atoms with Crippen LogP contribution >= 0.6 is 0 Å². The highest BCUT2D eigenvalue weighted by molar-refractivity contribution is 5.63. The van der Waals surface area contributed by atoms with E-state index in [1.54, 1.807) is 13.0 Å². The Morgan fingerprint density at radius 2 is 1.79 bits per heavy atom. The minimum absolute atomic E-state index is 0.273. The highest BCUT2D eigenvalue weighted by atomic mass is 19.1. The average molecular weight is 185 g/mol. The second-order valence-electron chi connectivity index (χ2n) is 3.25. The summed E-state index contributed by atoms with van der Waals surface area (Å²) in [5.74, 6) is -0.273. The molecule has 0 aliphatic rings. The SMILES string of the molecule is Cc1cc(-c2ccccc2)c[c]c1F. The topological polar surface area (TPSA) is 0 Å². The van der Waals surface area contributed by atoms with E-state index in [2.05, 4.69) is 6.07 Å². The van der Waals surface area contributed by atoms with Crippen LogP contribution in [0.3, 0.4) is 0 Å². The second kappa shape index (κ2) is 3.62. The fraction of sp³-hybridized carbons (Fsp3) is 0.0769. The molecule has 1 radical (unpaired) electrons. The summed E-state index contributed by atoms with van der Waals surface area (Å²) in [6, 6.07) is 16.0. The van der Waals surface area contributed by atoms with Crippen LogP contribution in [0.5, 0.6) is 0 Å². The zero-order valence-corrected chi connectivity index (χ0v) is 7.92. The van der Waals surface area contributed by atoms with E-state index in [9.17, 15) is 4.39 Å². The van der Waals surface area contributed by atoms with Crippen LogP contribution in [0.15, 0.2) is 42.5 Å². The standard InChI is InChI=1S/C13H10F/c1-10-9-12(7-8-13(10)14)11-5-3-2-4-6-11/h2-7,9H,1H3. The van der Waals surface area contributed by atoms with Gasteiger partial charge in [-0.1, -0.05) is 30.3 Å². The number of hydrogen-bond donors (Lipinski definition) is 0. The van der Waals surface area contributed by atoms with Crippen LogP contribution < -0.4 is 0 Å². The molecule has 0 bridgehead atoms. The van der Waals surface area contributed by atoms with Gasteiger partial charge in [-0.05, 0) is 35.7 Å². The molecule has 0 saturated heterocycles. The van der Waals surface area contributed by atoms with Crippen molar-refractivity contribution in [2.75, 3.05) is 0 Å². The van der Waals surface area contributed by atoms with Crippen LogP contribution in [-0.2, 0) is 0 Å². The van der Waals surface area contributed by atoms with Crippen molar-refractivity contribution in [3.63, 3.8) is 0 Å². The zero-order chi connectivity index (χ0) is 9.97. The predicted molar refractivity (Wildman–Crippen MR) is 55.4 cm³/mol. The molecule has 0 aromatic heterocycles. The van der Waals surface area contributed by atoms with E-state index in [-0.39, 0.29) is 5.82 Å². The molecule has 0 aliphatic carbocycles. The molecule has 0 heterocycles. The molecular formula is C13H10F. The van der Waals surface area contributed by atoms with E-state index in [1.807, 2.05) is 36.4 Å². The summed E-state index contributed by atoms with van der Waals surface area (Å²) in [4.78, 5) is 0. The van der Waals surface area contributed by atoms with Gasteiger partial charge in [-0.25, -0.2) is 4.39 Å². The quantitative estimate of drug-likeness (QED) is 0.636. The van der Waals surface area contributed by atoms with E-state index in [0.29, 0.717) is 5.56 Å². The van der Waals surface area contributed by atoms with Crippen LogP contribution in [0.25, 0.3) is 11.1 Å². The smallest absolute Gasteiger partial charge is 0.134 e. The molecule has 2 aromatic carbocycles. The Morgan fingerprint density at radius 3 is 2.43 bits per heavy atom. The van der Waals surface area contributed by atoms with Gasteiger partial charge in [0.05, 0.1) is 0 Å². The monoisotopic (exact) mass is 185 g/mol. The van der Waals surface area contributed by atoms with Crippen LogP contribution in [0.1, 0.15) is 5.56 Å². The molecule has 1 heteroatoms. The minimum Gasteiger partial charge on any atom is -0.206 e. The Labute approximate surface area is 83.0 Å². The predicted octanol–water partition coefficient (Wildman–Crippen LogP) is 3.60. The van der Waals surface area contributed by atoms with Gasteiger partial charge >= 0.3 is 0 Å². The molecule has 0 nitrogen and oxygen atoms in total. The Kier molecular flexibility index (Phi) is 2.32. The summed E-state index contributed by atoms with van der Waals surface area (Å²) in [6.07, 6.45) is 0. The van der Waals surface area contributed by atoms with Crippen molar-refractivity contribution in [2.45, 2.75) is 6.92 Å². The number of aryl methyl sites for hydroxylation is 1. The van der Waals surface area contributed by atoms with E-state index >= 15 is 0 Å². The highest BCUT2D eigenvalue weighted by Gasteiger charge is 2.00. The Morgan fingerprint density at radius 1 is 1.07 bits per heavy atom. The molecule has 0 amide bonds. The third kappa shape index (κ3) is 1.67. The summed E-state index contributed by atoms with van der Waals surface area (Å²) in [7, 11) is 0. The summed E-state index contributed by atoms with van der Waals surface area (Å²) < 4.78 is 13.0. The normalized spacial score (nSPS) is 10.1. The van der Waals surface area contributed by atoms with Crippen molar-refractivity contribution >= 4 is 0 Å². The Bertz CT molecular complexity index is 432. The van der Waals surface area contributed by atoms with Gasteiger partial charge in [0, 0.05) is 6.07 Å². The summed E-state index contributed by atoms with van der Waals surface area (Å²) in [6.45, 7) is 1.75. The van der Waals surface area contributed by atoms with E-state index in [4.69, 9.17) is 0 Å². The molecule has 0 fully saturated rings. The maximum absolute atomic E-state index is 13.0. The van der Waals surface area contributed by atoms with Crippen molar-refractivity contribution in [1.82, 2.24) is 0 Å². The maximum Gasteiger partial charge on any atom is 0.134 e. The first-order valence-corrected chi connectivity index (χ1v) is 4.50. The van der Waals surface area contributed by atoms with Gasteiger partial charge in [-0.15, -0.1) is 0 Å². The van der Waals surface area contributed by atoms with Crippen molar-refractivity contribution in [3.05, 3.63) is 59.9 Å². The molecule has 14 heavy (non-hydrogen) atoms. The van der Waals surface area contributed by atoms with Gasteiger partial charge in [0.15, 0.2) is 0 Å². The maximum atomic E-state index is 13.0. The molecule has 2 rings (SSSR count). The van der Waals surface area contributed by atoms with Gasteiger partial charge in [0.1, 0.15) is 5.82 Å². The van der Waals surface area contributed by atoms with Gasteiger partial charge in [0.25, 0.3) is 0 Å². The minimum atomic E-state index is -0.273. The fourth-order valence-corrected chi connectivity index (χ4v) is 1.39. The highest BCUT2D eigenvalue weighted by Crippen LogP contribution is 2.20. The second-order valence-corrected chi connectivity index (χ2v) is 3.25. The largest absolute Gasteiger partial charge is 0.206 e. The lowest BCUT2D eigenvalue weighted by molar-refractivity contribution is 0.616. The molecule has 69 valence electrons. The van der Waals surface area contributed by atoms with Gasteiger partial charge in [-0.2, -0.15) is 0 Å². The molecule has 0 unspecified atom stereocenters. The first kappa shape index (κ1) is 8.95. The molecule has 0 aliphatic heterocycles. The van der Waals surface area contributed by atoms with E-state index in [1.165, 1.54) is 0 Å². The average Bonchev–Trinajstić information content (AvgIpc) is 2.23. The first-order valence-electron chi connectivity index (χ1n) is 4.50. The van der Waals surface area contributed by atoms with Crippen LogP contribution in [0.2, 0.25) is 0 Å². The van der Waals surface area contributed by atoms with Crippen LogP contribution in [0, 0.1) is 18.8 Å². The molecular weight excluding hydrogens is 175 g/mol. The lowest BCUT2D eigenvalue weighted by atomic mass is 10.0. The van der Waals surface area contributed by atoms with Gasteiger partial charge in [-0.3, -0.25) is 0 Å². The fourth-order valence-electron chi connectivity index (χ4n) is 1.39. The summed E-state index contributed by atoms with van der Waals surface area (Å²) >= 11 is 0. The Hall–Kier alpha value is -1.63. The van der Waals surface area contributed by atoms with Gasteiger partial charge in [0.2, 0.25) is 0 Å². The molecule has 0 spiro atoms. The number of rotatable bonds is 1. The van der Waals surface area contributed by atoms with Crippen LogP contribution in [0.4, 0.5) is 4.39 Å². The Balaban J connectivity index is 2.48. The van der Waals surface area contributed by atoms with Gasteiger partial charge < -0.3 is 0 Å². The molecule has 0 saturated carbocycles. The lowest BCUT2D eigenvalue weighted by Crippen LogP contribution is -1.84. The zero-order valence-electron chi connectivity index (χ0n) is 7.92. The molecule has 2 aromatic rings. The number of benzene rings is 2. The first-order chi connectivity index (χ1) is 6.77. The number of halogens is 1. The lowest BCUT2D eigenvalue weighted by Gasteiger charge is -2.02. The summed E-state index contributed by atoms with van der Waals surface area (Å²) in [5.41, 5.74) is 2.72. The molecule has 0 N–H and O–H groups in total. The van der Waals surface area contributed by atoms with Crippen molar-refractivity contribution < 1.29 is 4.39 Å². The third-order valence-corrected chi connectivity index (χ3v) is 2.18. The number of hydrogen-bond acceptors (Lipinski definition) is 0. The summed E-state index contributed by atoms with van der Waals surface area (Å²) in [5, 5.41) is 0. The van der Waals surface area contributed by atoms with Crippen molar-refractivity contribution in [3.8, 4) is 11.1 Å². The molecule has 0 atom stereocenters. The third-order valence-electron chi connectivity index (χ3n) is 2.18. The van der Waals surface area contributed by atoms with Crippen molar-refractivity contribution in [2.24, 2.45) is 0 Å². The van der Waals surface area contributed by atoms with E-state index < -0.39 is 0 Å². The van der Waals surface area contributed by atoms with E-state index in [0.717, 1.165) is 11.1 Å². The van der Waals surface area contributed by atoms with Crippen LogP contribution in [-0.4, -0.2) is 0 Å². The van der Waals surface area contributed by atoms with Crippen molar-refractivity contribution in [1.29, 1.82) is 0 Å².